The summed E-state index contributed by atoms with van der Waals surface area (Å²) in [6.07, 6.45) is 6.15. The number of amides is 1. The van der Waals surface area contributed by atoms with Crippen molar-refractivity contribution in [1.29, 1.82) is 0 Å². The van der Waals surface area contributed by atoms with E-state index in [4.69, 9.17) is 15.2 Å². The Kier molecular flexibility index (Phi) is 9.25. The normalized spacial score (nSPS) is 16.0. The van der Waals surface area contributed by atoms with E-state index in [1.807, 2.05) is 25.1 Å². The van der Waals surface area contributed by atoms with Gasteiger partial charge in [-0.1, -0.05) is 25.3 Å². The van der Waals surface area contributed by atoms with Crippen LogP contribution in [0.25, 0.3) is 0 Å². The highest BCUT2D eigenvalue weighted by Gasteiger charge is 2.33. The summed E-state index contributed by atoms with van der Waals surface area (Å²) < 4.78 is 10.8. The number of methoxy groups -OCH3 is 1. The van der Waals surface area contributed by atoms with E-state index in [0.29, 0.717) is 37.6 Å². The average molecular weight is 371 g/mol. The zero-order valence-electron chi connectivity index (χ0n) is 15.3. The SMILES string of the molecule is COCCOc1cc(C)ccc1NC(=O)CC1(CN)CCCCC1.Cl. The molecule has 1 saturated carbocycles. The van der Waals surface area contributed by atoms with Crippen molar-refractivity contribution in [1.82, 2.24) is 0 Å². The molecule has 0 unspecified atom stereocenters. The lowest BCUT2D eigenvalue weighted by molar-refractivity contribution is -0.118. The highest BCUT2D eigenvalue weighted by atomic mass is 35.5. The van der Waals surface area contributed by atoms with Crippen molar-refractivity contribution in [3.05, 3.63) is 23.8 Å². The molecule has 0 heterocycles. The molecule has 0 aromatic heterocycles. The Hall–Kier alpha value is -1.30. The molecule has 1 aliphatic carbocycles. The molecule has 0 atom stereocenters. The molecule has 3 N–H and O–H groups in total. The summed E-state index contributed by atoms with van der Waals surface area (Å²) in [6, 6.07) is 5.80. The summed E-state index contributed by atoms with van der Waals surface area (Å²) in [5.74, 6) is 0.702. The van der Waals surface area contributed by atoms with Crippen molar-refractivity contribution in [3.63, 3.8) is 0 Å². The van der Waals surface area contributed by atoms with Crippen LogP contribution in [0.3, 0.4) is 0 Å². The first-order valence-electron chi connectivity index (χ1n) is 8.81. The molecule has 2 rings (SSSR count). The van der Waals surface area contributed by atoms with Crippen LogP contribution >= 0.6 is 12.4 Å². The second-order valence-electron chi connectivity index (χ2n) is 6.83. The number of carbonyl (C=O) groups is 1. The van der Waals surface area contributed by atoms with Gasteiger partial charge in [-0.3, -0.25) is 4.79 Å². The molecule has 5 nitrogen and oxygen atoms in total. The van der Waals surface area contributed by atoms with Crippen molar-refractivity contribution in [2.75, 3.05) is 32.2 Å². The van der Waals surface area contributed by atoms with Gasteiger partial charge in [-0.2, -0.15) is 0 Å². The fourth-order valence-electron chi connectivity index (χ4n) is 3.38. The minimum Gasteiger partial charge on any atom is -0.489 e. The molecule has 0 radical (unpaired) electrons. The summed E-state index contributed by atoms with van der Waals surface area (Å²) in [6.45, 7) is 3.54. The van der Waals surface area contributed by atoms with Crippen molar-refractivity contribution >= 4 is 24.0 Å². The molecule has 0 saturated heterocycles. The second-order valence-corrected chi connectivity index (χ2v) is 6.83. The molecule has 1 aliphatic rings. The Morgan fingerprint density at radius 3 is 2.60 bits per heavy atom. The molecular formula is C19H31ClN2O3. The van der Waals surface area contributed by atoms with Crippen LogP contribution < -0.4 is 15.8 Å². The van der Waals surface area contributed by atoms with Gasteiger partial charge < -0.3 is 20.5 Å². The molecule has 142 valence electrons. The molecule has 1 amide bonds. The molecule has 0 aliphatic heterocycles. The Morgan fingerprint density at radius 2 is 1.96 bits per heavy atom. The van der Waals surface area contributed by atoms with Crippen molar-refractivity contribution in [2.24, 2.45) is 11.1 Å². The van der Waals surface area contributed by atoms with Crippen molar-refractivity contribution < 1.29 is 14.3 Å². The largest absolute Gasteiger partial charge is 0.489 e. The van der Waals surface area contributed by atoms with Gasteiger partial charge in [0.05, 0.1) is 12.3 Å². The maximum Gasteiger partial charge on any atom is 0.225 e. The number of halogens is 1. The van der Waals surface area contributed by atoms with Gasteiger partial charge >= 0.3 is 0 Å². The van der Waals surface area contributed by atoms with Gasteiger partial charge in [0.25, 0.3) is 0 Å². The smallest absolute Gasteiger partial charge is 0.225 e. The van der Waals surface area contributed by atoms with Crippen LogP contribution in [0.15, 0.2) is 18.2 Å². The van der Waals surface area contributed by atoms with Gasteiger partial charge in [-0.25, -0.2) is 0 Å². The maximum atomic E-state index is 12.6. The van der Waals surface area contributed by atoms with Gasteiger partial charge in [0.1, 0.15) is 12.4 Å². The van der Waals surface area contributed by atoms with Crippen LogP contribution in [0.2, 0.25) is 0 Å². The predicted molar refractivity (Wildman–Crippen MR) is 104 cm³/mol. The minimum absolute atomic E-state index is 0. The summed E-state index contributed by atoms with van der Waals surface area (Å²) in [5, 5.41) is 3.01. The predicted octanol–water partition coefficient (Wildman–Crippen LogP) is 3.68. The third-order valence-corrected chi connectivity index (χ3v) is 4.84. The topological polar surface area (TPSA) is 73.6 Å². The first kappa shape index (κ1) is 21.7. The number of rotatable bonds is 8. The van der Waals surface area contributed by atoms with E-state index in [9.17, 15) is 4.79 Å². The number of ether oxygens (including phenoxy) is 2. The zero-order valence-corrected chi connectivity index (χ0v) is 16.1. The Labute approximate surface area is 157 Å². The lowest BCUT2D eigenvalue weighted by atomic mass is 9.71. The number of nitrogens with two attached hydrogens (primary N) is 1. The number of anilines is 1. The molecule has 0 bridgehead atoms. The molecule has 1 fully saturated rings. The highest BCUT2D eigenvalue weighted by Crippen LogP contribution is 2.39. The van der Waals surface area contributed by atoms with E-state index in [1.54, 1.807) is 7.11 Å². The number of nitrogens with one attached hydrogen (secondary N) is 1. The van der Waals surface area contributed by atoms with Crippen LogP contribution in [0.5, 0.6) is 5.75 Å². The van der Waals surface area contributed by atoms with Crippen molar-refractivity contribution in [2.45, 2.75) is 45.4 Å². The molecule has 1 aromatic carbocycles. The monoisotopic (exact) mass is 370 g/mol. The van der Waals surface area contributed by atoms with Gasteiger partial charge in [0.2, 0.25) is 5.91 Å². The van der Waals surface area contributed by atoms with Crippen LogP contribution in [-0.4, -0.2) is 32.8 Å². The van der Waals surface area contributed by atoms with Gasteiger partial charge in [-0.05, 0) is 49.4 Å². The van der Waals surface area contributed by atoms with E-state index in [1.165, 1.54) is 19.3 Å². The third-order valence-electron chi connectivity index (χ3n) is 4.84. The number of hydrogen-bond donors (Lipinski definition) is 2. The number of aryl methyl sites for hydroxylation is 1. The van der Waals surface area contributed by atoms with E-state index in [0.717, 1.165) is 18.4 Å². The minimum atomic E-state index is -0.0376. The summed E-state index contributed by atoms with van der Waals surface area (Å²) >= 11 is 0. The first-order chi connectivity index (χ1) is 11.6. The number of hydrogen-bond acceptors (Lipinski definition) is 4. The fourth-order valence-corrected chi connectivity index (χ4v) is 3.38. The van der Waals surface area contributed by atoms with Crippen LogP contribution in [0.4, 0.5) is 5.69 Å². The Bertz CT molecular complexity index is 545. The maximum absolute atomic E-state index is 12.6. The third kappa shape index (κ3) is 6.49. The average Bonchev–Trinajstić information content (AvgIpc) is 2.58. The lowest BCUT2D eigenvalue weighted by Crippen LogP contribution is -2.36. The summed E-state index contributed by atoms with van der Waals surface area (Å²) in [4.78, 5) is 12.6. The van der Waals surface area contributed by atoms with E-state index >= 15 is 0 Å². The second kappa shape index (κ2) is 10.6. The summed E-state index contributed by atoms with van der Waals surface area (Å²) in [7, 11) is 1.64. The Balaban J connectivity index is 0.00000312. The van der Waals surface area contributed by atoms with E-state index < -0.39 is 0 Å². The van der Waals surface area contributed by atoms with Gasteiger partial charge in [0.15, 0.2) is 0 Å². The van der Waals surface area contributed by atoms with E-state index in [-0.39, 0.29) is 23.7 Å². The lowest BCUT2D eigenvalue weighted by Gasteiger charge is -2.35. The molecule has 0 spiro atoms. The first-order valence-corrected chi connectivity index (χ1v) is 8.81. The van der Waals surface area contributed by atoms with Crippen molar-refractivity contribution in [3.8, 4) is 5.75 Å². The van der Waals surface area contributed by atoms with Crippen LogP contribution in [0, 0.1) is 12.3 Å². The van der Waals surface area contributed by atoms with Gasteiger partial charge in [0, 0.05) is 13.5 Å². The quantitative estimate of drug-likeness (QED) is 0.684. The highest BCUT2D eigenvalue weighted by molar-refractivity contribution is 5.92. The van der Waals surface area contributed by atoms with E-state index in [2.05, 4.69) is 5.32 Å². The Morgan fingerprint density at radius 1 is 1.24 bits per heavy atom. The fraction of sp³-hybridized carbons (Fsp3) is 0.632. The van der Waals surface area contributed by atoms with Gasteiger partial charge in [-0.15, -0.1) is 12.4 Å². The number of benzene rings is 1. The molecular weight excluding hydrogens is 340 g/mol. The number of carbonyl (C=O) groups excluding carboxylic acids is 1. The molecule has 25 heavy (non-hydrogen) atoms. The van der Waals surface area contributed by atoms with Crippen LogP contribution in [0.1, 0.15) is 44.1 Å². The molecule has 6 heteroatoms. The standard InChI is InChI=1S/C19H30N2O3.ClH/c1-15-6-7-16(17(12-15)24-11-10-23-2)21-18(22)13-19(14-20)8-4-3-5-9-19;/h6-7,12H,3-5,8-11,13-14,20H2,1-2H3,(H,21,22);1H. The zero-order chi connectivity index (χ0) is 17.4. The van der Waals surface area contributed by atoms with Crippen LogP contribution in [-0.2, 0) is 9.53 Å². The molecule has 1 aromatic rings. The summed E-state index contributed by atoms with van der Waals surface area (Å²) in [5.41, 5.74) is 7.76.